The van der Waals surface area contributed by atoms with Gasteiger partial charge in [-0.25, -0.2) is 0 Å². The lowest BCUT2D eigenvalue weighted by Crippen LogP contribution is -1.97. The molecule has 0 aliphatic heterocycles. The zero-order valence-corrected chi connectivity index (χ0v) is 18.5. The molecule has 0 unspecified atom stereocenters. The van der Waals surface area contributed by atoms with Crippen LogP contribution in [0.4, 0.5) is 0 Å². The molecule has 0 N–H and O–H groups in total. The molecule has 0 atom stereocenters. The van der Waals surface area contributed by atoms with Gasteiger partial charge in [0.05, 0.1) is 19.7 Å². The summed E-state index contributed by atoms with van der Waals surface area (Å²) in [4.78, 5) is 9.18. The molecule has 0 bridgehead atoms. The Hall–Kier alpha value is -2.56. The maximum atomic E-state index is 5.50. The van der Waals surface area contributed by atoms with Gasteiger partial charge in [-0.3, -0.25) is 9.97 Å². The highest BCUT2D eigenvalue weighted by molar-refractivity contribution is 5.91. The maximum Gasteiger partial charge on any atom is 0.161 e. The van der Waals surface area contributed by atoms with Crippen LogP contribution in [0.3, 0.4) is 0 Å². The lowest BCUT2D eigenvalue weighted by molar-refractivity contribution is 0.356. The van der Waals surface area contributed by atoms with Gasteiger partial charge in [-0.2, -0.15) is 0 Å². The number of fused-ring (bicyclic) bond motifs is 2. The molecule has 6 heteroatoms. The van der Waals surface area contributed by atoms with Crippen molar-refractivity contribution < 1.29 is 9.47 Å². The fourth-order valence-corrected chi connectivity index (χ4v) is 3.51. The highest BCUT2D eigenvalue weighted by Crippen LogP contribution is 2.35. The lowest BCUT2D eigenvalue weighted by Gasteiger charge is -2.13. The molecule has 2 heterocycles. The van der Waals surface area contributed by atoms with Gasteiger partial charge in [0.1, 0.15) is 0 Å². The fraction of sp³-hybridized carbons (Fsp3) is 0.217. The normalized spacial score (nSPS) is 10.3. The van der Waals surface area contributed by atoms with E-state index in [0.29, 0.717) is 0 Å². The second-order valence-corrected chi connectivity index (χ2v) is 6.78. The van der Waals surface area contributed by atoms with E-state index >= 15 is 0 Å². The Morgan fingerprint density at radius 3 is 2.21 bits per heavy atom. The minimum atomic E-state index is 0. The minimum absolute atomic E-state index is 0. The quantitative estimate of drug-likeness (QED) is 0.407. The first kappa shape index (κ1) is 22.7. The third-order valence-electron chi connectivity index (χ3n) is 4.96. The summed E-state index contributed by atoms with van der Waals surface area (Å²) in [6, 6.07) is 14.7. The Labute approximate surface area is 183 Å². The van der Waals surface area contributed by atoms with Gasteiger partial charge < -0.3 is 9.47 Å². The molecule has 2 aromatic heterocycles. The molecule has 0 saturated carbocycles. The highest BCUT2D eigenvalue weighted by Gasteiger charge is 2.12. The first-order valence-electron chi connectivity index (χ1n) is 8.95. The Balaban J connectivity index is 0.00000150. The number of hydrogen-bond donors (Lipinski definition) is 0. The maximum absolute atomic E-state index is 5.50. The number of rotatable bonds is 4. The number of hydrogen-bond acceptors (Lipinski definition) is 4. The van der Waals surface area contributed by atoms with Crippen LogP contribution < -0.4 is 9.47 Å². The smallest absolute Gasteiger partial charge is 0.161 e. The van der Waals surface area contributed by atoms with E-state index in [4.69, 9.17) is 9.47 Å². The van der Waals surface area contributed by atoms with E-state index in [1.54, 1.807) is 14.2 Å². The third kappa shape index (κ3) is 4.39. The largest absolute Gasteiger partial charge is 0.493 e. The average molecular weight is 431 g/mol. The Bertz CT molecular complexity index is 1160. The van der Waals surface area contributed by atoms with Crippen molar-refractivity contribution in [3.8, 4) is 11.5 Å². The van der Waals surface area contributed by atoms with E-state index < -0.39 is 0 Å². The van der Waals surface area contributed by atoms with Crippen LogP contribution in [0, 0.1) is 13.8 Å². The molecule has 152 valence electrons. The van der Waals surface area contributed by atoms with E-state index in [1.807, 2.05) is 38.2 Å². The number of nitrogens with zero attached hydrogens (tertiary/aromatic N) is 2. The van der Waals surface area contributed by atoms with Crippen molar-refractivity contribution in [1.29, 1.82) is 0 Å². The summed E-state index contributed by atoms with van der Waals surface area (Å²) in [7, 11) is 3.32. The monoisotopic (exact) mass is 430 g/mol. The van der Waals surface area contributed by atoms with Gasteiger partial charge in [-0.15, -0.1) is 24.8 Å². The summed E-state index contributed by atoms with van der Waals surface area (Å²) in [6.45, 7) is 4.03. The van der Waals surface area contributed by atoms with E-state index in [-0.39, 0.29) is 24.8 Å². The van der Waals surface area contributed by atoms with Crippen LogP contribution in [-0.4, -0.2) is 24.2 Å². The van der Waals surface area contributed by atoms with Crippen molar-refractivity contribution in [2.24, 2.45) is 0 Å². The molecule has 0 radical (unpaired) electrons. The van der Waals surface area contributed by atoms with Crippen molar-refractivity contribution in [2.75, 3.05) is 14.2 Å². The van der Waals surface area contributed by atoms with Gasteiger partial charge in [0.2, 0.25) is 0 Å². The Kier molecular flexibility index (Phi) is 7.28. The molecule has 0 aliphatic carbocycles. The lowest BCUT2D eigenvalue weighted by atomic mass is 9.98. The summed E-state index contributed by atoms with van der Waals surface area (Å²) in [5.41, 5.74) is 5.43. The fourth-order valence-electron chi connectivity index (χ4n) is 3.51. The second-order valence-electron chi connectivity index (χ2n) is 6.78. The number of halogens is 2. The first-order chi connectivity index (χ1) is 13.1. The summed E-state index contributed by atoms with van der Waals surface area (Å²) in [6.07, 6.45) is 2.75. The van der Waals surface area contributed by atoms with Gasteiger partial charge in [-0.1, -0.05) is 12.1 Å². The predicted octanol–water partition coefficient (Wildman–Crippen LogP) is 5.85. The number of ether oxygens (including phenoxy) is 2. The minimum Gasteiger partial charge on any atom is -0.493 e. The molecule has 4 aromatic rings. The summed E-state index contributed by atoms with van der Waals surface area (Å²) in [5.74, 6) is 1.45. The van der Waals surface area contributed by atoms with Crippen LogP contribution in [0.25, 0.3) is 21.7 Å². The molecule has 0 aliphatic rings. The van der Waals surface area contributed by atoms with Crippen LogP contribution in [0.15, 0.2) is 48.7 Å². The molecular weight excluding hydrogens is 407 g/mol. The average Bonchev–Trinajstić information content (AvgIpc) is 2.69. The molecular formula is C23H24Cl2N2O2. The van der Waals surface area contributed by atoms with Crippen LogP contribution in [-0.2, 0) is 6.42 Å². The standard InChI is InChI=1S/C23H22N2O2.2ClH/c1-14-5-7-17-9-16(6-8-21(17)25-14)10-18-13-24-15(2)19-11-22(26-3)23(27-4)12-20(18)19;;/h5-9,11-13H,10H2,1-4H3;2*1H. The molecule has 29 heavy (non-hydrogen) atoms. The third-order valence-corrected chi connectivity index (χ3v) is 4.96. The predicted molar refractivity (Wildman–Crippen MR) is 123 cm³/mol. The van der Waals surface area contributed by atoms with E-state index in [0.717, 1.165) is 56.5 Å². The number of methoxy groups -OCH3 is 2. The molecule has 4 nitrogen and oxygen atoms in total. The van der Waals surface area contributed by atoms with Gasteiger partial charge in [0.15, 0.2) is 11.5 Å². The summed E-state index contributed by atoms with van der Waals surface area (Å²) < 4.78 is 11.0. The van der Waals surface area contributed by atoms with Crippen molar-refractivity contribution in [3.63, 3.8) is 0 Å². The van der Waals surface area contributed by atoms with Crippen molar-refractivity contribution in [2.45, 2.75) is 20.3 Å². The molecule has 0 saturated heterocycles. The van der Waals surface area contributed by atoms with Crippen molar-refractivity contribution in [3.05, 3.63) is 71.2 Å². The molecule has 0 fully saturated rings. The van der Waals surface area contributed by atoms with Crippen molar-refractivity contribution >= 4 is 46.5 Å². The van der Waals surface area contributed by atoms with Crippen LogP contribution in [0.2, 0.25) is 0 Å². The SMILES string of the molecule is COc1cc2c(Cc3ccc4nc(C)ccc4c3)cnc(C)c2cc1OC.Cl.Cl. The summed E-state index contributed by atoms with van der Waals surface area (Å²) >= 11 is 0. The number of aryl methyl sites for hydroxylation is 2. The number of benzene rings is 2. The van der Waals surface area contributed by atoms with Crippen LogP contribution in [0.5, 0.6) is 11.5 Å². The van der Waals surface area contributed by atoms with Gasteiger partial charge in [0, 0.05) is 28.4 Å². The van der Waals surface area contributed by atoms with E-state index in [9.17, 15) is 0 Å². The van der Waals surface area contributed by atoms with E-state index in [1.165, 1.54) is 5.56 Å². The Morgan fingerprint density at radius 2 is 1.52 bits per heavy atom. The van der Waals surface area contributed by atoms with Gasteiger partial charge in [0.25, 0.3) is 0 Å². The van der Waals surface area contributed by atoms with Crippen molar-refractivity contribution in [1.82, 2.24) is 9.97 Å². The summed E-state index contributed by atoms with van der Waals surface area (Å²) in [5, 5.41) is 3.38. The number of aromatic nitrogens is 2. The highest BCUT2D eigenvalue weighted by atomic mass is 35.5. The molecule has 0 amide bonds. The van der Waals surface area contributed by atoms with Gasteiger partial charge in [-0.05, 0) is 67.1 Å². The van der Waals surface area contributed by atoms with Gasteiger partial charge >= 0.3 is 0 Å². The van der Waals surface area contributed by atoms with Crippen LogP contribution in [0.1, 0.15) is 22.5 Å². The van der Waals surface area contributed by atoms with Crippen LogP contribution >= 0.6 is 24.8 Å². The van der Waals surface area contributed by atoms with E-state index in [2.05, 4.69) is 34.2 Å². The molecule has 2 aromatic carbocycles. The molecule has 4 rings (SSSR count). The zero-order valence-electron chi connectivity index (χ0n) is 16.9. The first-order valence-corrected chi connectivity index (χ1v) is 8.95. The Morgan fingerprint density at radius 1 is 0.828 bits per heavy atom. The zero-order chi connectivity index (χ0) is 19.0. The number of pyridine rings is 2. The molecule has 0 spiro atoms. The second kappa shape index (κ2) is 9.29. The topological polar surface area (TPSA) is 44.2 Å².